The third kappa shape index (κ3) is 5.27. The number of rotatable bonds is 3. The van der Waals surface area contributed by atoms with E-state index in [9.17, 15) is 14.4 Å². The zero-order valence-corrected chi connectivity index (χ0v) is 6.04. The first kappa shape index (κ1) is 11.9. The van der Waals surface area contributed by atoms with E-state index in [1.165, 1.54) is 0 Å². The molecule has 55 valence electrons. The average Bonchev–Trinajstić information content (AvgIpc) is 1.63. The zero-order valence-electron chi connectivity index (χ0n) is 4.94. The van der Waals surface area contributed by atoms with Gasteiger partial charge in [0.05, 0.1) is 6.42 Å². The molecule has 10 heavy (non-hydrogen) atoms. The van der Waals surface area contributed by atoms with Gasteiger partial charge >= 0.3 is 17.1 Å². The number of primary amides is 2. The normalized spacial score (nSPS) is 7.60. The van der Waals surface area contributed by atoms with Crippen LogP contribution in [0.1, 0.15) is 6.42 Å². The van der Waals surface area contributed by atoms with Crippen molar-refractivity contribution in [3.05, 3.63) is 0 Å². The summed E-state index contributed by atoms with van der Waals surface area (Å²) < 4.78 is 0. The standard InChI is InChI=1S/C4H6N2O3.Fe/c5-3(8)1-2(7)4(6)9;/h1H2,(H2,5,8)(H2,6,9);/q;+3. The fourth-order valence-corrected chi connectivity index (χ4v) is 0.245. The van der Waals surface area contributed by atoms with Crippen molar-refractivity contribution in [1.82, 2.24) is 0 Å². The monoisotopic (exact) mass is 186 g/mol. The van der Waals surface area contributed by atoms with Gasteiger partial charge in [0, 0.05) is 0 Å². The molecule has 6 heteroatoms. The maximum Gasteiger partial charge on any atom is 3.00 e. The summed E-state index contributed by atoms with van der Waals surface area (Å²) in [6.07, 6.45) is -0.602. The predicted molar refractivity (Wildman–Crippen MR) is 28.0 cm³/mol. The summed E-state index contributed by atoms with van der Waals surface area (Å²) in [5.74, 6) is -2.94. The first-order chi connectivity index (χ1) is 4.04. The Morgan fingerprint density at radius 3 is 1.60 bits per heavy atom. The number of carbonyl (C=O) groups is 3. The van der Waals surface area contributed by atoms with Crippen molar-refractivity contribution < 1.29 is 31.5 Å². The minimum absolute atomic E-state index is 0. The van der Waals surface area contributed by atoms with Crippen LogP contribution in [0.25, 0.3) is 0 Å². The van der Waals surface area contributed by atoms with Gasteiger partial charge in [-0.25, -0.2) is 0 Å². The largest absolute Gasteiger partial charge is 3.00 e. The third-order valence-electron chi connectivity index (χ3n) is 0.610. The molecule has 2 amide bonds. The SMILES string of the molecule is NC(=O)CC(=O)C(N)=O.[Fe+3]. The Morgan fingerprint density at radius 2 is 1.50 bits per heavy atom. The summed E-state index contributed by atoms with van der Waals surface area (Å²) in [7, 11) is 0. The molecule has 5 nitrogen and oxygen atoms in total. The second-order valence-corrected chi connectivity index (χ2v) is 1.43. The molecule has 0 aromatic carbocycles. The Hall–Kier alpha value is -0.871. The summed E-state index contributed by atoms with van der Waals surface area (Å²) in [4.78, 5) is 30.0. The smallest absolute Gasteiger partial charge is 0.369 e. The van der Waals surface area contributed by atoms with Crippen LogP contribution >= 0.6 is 0 Å². The van der Waals surface area contributed by atoms with E-state index in [0.29, 0.717) is 0 Å². The summed E-state index contributed by atoms with van der Waals surface area (Å²) in [6.45, 7) is 0. The van der Waals surface area contributed by atoms with Crippen molar-refractivity contribution >= 4 is 17.6 Å². The summed E-state index contributed by atoms with van der Waals surface area (Å²) in [5.41, 5.74) is 9.05. The van der Waals surface area contributed by atoms with E-state index in [-0.39, 0.29) is 17.1 Å². The van der Waals surface area contributed by atoms with Gasteiger partial charge in [-0.3, -0.25) is 14.4 Å². The molecule has 0 aromatic rings. The number of nitrogens with two attached hydrogens (primary N) is 2. The van der Waals surface area contributed by atoms with Crippen LogP contribution in [0.2, 0.25) is 0 Å². The van der Waals surface area contributed by atoms with Gasteiger partial charge in [-0.05, 0) is 0 Å². The van der Waals surface area contributed by atoms with Crippen molar-refractivity contribution in [3.8, 4) is 0 Å². The first-order valence-corrected chi connectivity index (χ1v) is 2.15. The molecule has 0 rings (SSSR count). The molecular formula is C4H6FeN2O3+3. The summed E-state index contributed by atoms with van der Waals surface area (Å²) >= 11 is 0. The van der Waals surface area contributed by atoms with Crippen LogP contribution in [-0.4, -0.2) is 17.6 Å². The number of amides is 2. The second kappa shape index (κ2) is 4.96. The molecule has 1 radical (unpaired) electrons. The first-order valence-electron chi connectivity index (χ1n) is 2.15. The number of hydrogen-bond donors (Lipinski definition) is 2. The molecule has 0 heterocycles. The molecule has 0 spiro atoms. The number of carbonyl (C=O) groups excluding carboxylic acids is 3. The molecule has 0 aliphatic heterocycles. The molecule has 0 aliphatic rings. The third-order valence-corrected chi connectivity index (χ3v) is 0.610. The summed E-state index contributed by atoms with van der Waals surface area (Å²) in [6, 6.07) is 0. The maximum atomic E-state index is 10.2. The van der Waals surface area contributed by atoms with Gasteiger partial charge in [0.15, 0.2) is 0 Å². The summed E-state index contributed by atoms with van der Waals surface area (Å²) in [5, 5.41) is 0. The second-order valence-electron chi connectivity index (χ2n) is 1.43. The van der Waals surface area contributed by atoms with Crippen LogP contribution in [0.4, 0.5) is 0 Å². The molecule has 0 saturated carbocycles. The van der Waals surface area contributed by atoms with Gasteiger partial charge in [-0.2, -0.15) is 0 Å². The van der Waals surface area contributed by atoms with Crippen LogP contribution in [0.3, 0.4) is 0 Å². The van der Waals surface area contributed by atoms with Crippen molar-refractivity contribution in [3.63, 3.8) is 0 Å². The Balaban J connectivity index is 0. The van der Waals surface area contributed by atoms with Crippen LogP contribution in [0.5, 0.6) is 0 Å². The van der Waals surface area contributed by atoms with Gasteiger partial charge in [-0.1, -0.05) is 0 Å². The van der Waals surface area contributed by atoms with E-state index < -0.39 is 24.0 Å². The maximum absolute atomic E-state index is 10.2. The van der Waals surface area contributed by atoms with E-state index in [4.69, 9.17) is 0 Å². The molecule has 0 atom stereocenters. The van der Waals surface area contributed by atoms with E-state index in [2.05, 4.69) is 11.5 Å². The van der Waals surface area contributed by atoms with Gasteiger partial charge < -0.3 is 11.5 Å². The van der Waals surface area contributed by atoms with E-state index in [1.54, 1.807) is 0 Å². The molecular weight excluding hydrogens is 180 g/mol. The number of Topliss-reactive ketones (excluding diaryl/α,β-unsaturated/α-hetero) is 1. The quantitative estimate of drug-likeness (QED) is 0.300. The molecule has 0 aromatic heterocycles. The van der Waals surface area contributed by atoms with Crippen molar-refractivity contribution in [2.45, 2.75) is 6.42 Å². The topological polar surface area (TPSA) is 103 Å². The Labute approximate surface area is 67.6 Å². The van der Waals surface area contributed by atoms with Crippen molar-refractivity contribution in [2.24, 2.45) is 11.5 Å². The average molecular weight is 186 g/mol. The minimum atomic E-state index is -1.13. The van der Waals surface area contributed by atoms with Gasteiger partial charge in [0.2, 0.25) is 11.7 Å². The van der Waals surface area contributed by atoms with Gasteiger partial charge in [0.1, 0.15) is 0 Å². The van der Waals surface area contributed by atoms with Crippen LogP contribution in [0, 0.1) is 0 Å². The van der Waals surface area contributed by atoms with Crippen LogP contribution in [-0.2, 0) is 31.5 Å². The Morgan fingerprint density at radius 1 is 1.10 bits per heavy atom. The van der Waals surface area contributed by atoms with E-state index >= 15 is 0 Å². The molecule has 0 aliphatic carbocycles. The minimum Gasteiger partial charge on any atom is -0.369 e. The molecule has 0 unspecified atom stereocenters. The Bertz CT molecular complexity index is 168. The predicted octanol–water partition coefficient (Wildman–Crippen LogP) is -2.09. The van der Waals surface area contributed by atoms with E-state index in [0.717, 1.165) is 0 Å². The fourth-order valence-electron chi connectivity index (χ4n) is 0.245. The van der Waals surface area contributed by atoms with Crippen molar-refractivity contribution in [2.75, 3.05) is 0 Å². The van der Waals surface area contributed by atoms with Crippen LogP contribution in [0.15, 0.2) is 0 Å². The van der Waals surface area contributed by atoms with Crippen LogP contribution < -0.4 is 11.5 Å². The number of ketones is 1. The molecule has 4 N–H and O–H groups in total. The molecule has 0 bridgehead atoms. The zero-order chi connectivity index (χ0) is 7.44. The van der Waals surface area contributed by atoms with Crippen molar-refractivity contribution in [1.29, 1.82) is 0 Å². The van der Waals surface area contributed by atoms with Gasteiger partial charge in [0.25, 0.3) is 5.91 Å². The van der Waals surface area contributed by atoms with E-state index in [1.807, 2.05) is 0 Å². The molecule has 0 saturated heterocycles. The fraction of sp³-hybridized carbons (Fsp3) is 0.250. The van der Waals surface area contributed by atoms with Gasteiger partial charge in [-0.15, -0.1) is 0 Å². The number of hydrogen-bond acceptors (Lipinski definition) is 3. The molecule has 0 fully saturated rings. The Kier molecular flexibility index (Phi) is 5.88.